The minimum atomic E-state index is -0.195. The summed E-state index contributed by atoms with van der Waals surface area (Å²) in [6.45, 7) is 8.21. The predicted molar refractivity (Wildman–Crippen MR) is 70.9 cm³/mol. The average molecular weight is 249 g/mol. The number of benzene rings is 1. The molecule has 0 aliphatic carbocycles. The SMILES string of the molecule is Cc1ccc(-c2nc(C(C)(C)C)cs2)c(F)c1. The van der Waals surface area contributed by atoms with Crippen LogP contribution in [0.4, 0.5) is 4.39 Å². The van der Waals surface area contributed by atoms with Crippen molar-refractivity contribution in [3.8, 4) is 10.6 Å². The molecule has 0 fully saturated rings. The summed E-state index contributed by atoms with van der Waals surface area (Å²) < 4.78 is 13.8. The van der Waals surface area contributed by atoms with Crippen molar-refractivity contribution in [3.63, 3.8) is 0 Å². The first-order valence-electron chi connectivity index (χ1n) is 5.60. The van der Waals surface area contributed by atoms with Crippen LogP contribution in [0.1, 0.15) is 32.0 Å². The molecule has 0 amide bonds. The van der Waals surface area contributed by atoms with E-state index in [0.717, 1.165) is 16.3 Å². The fraction of sp³-hybridized carbons (Fsp3) is 0.357. The molecule has 17 heavy (non-hydrogen) atoms. The second kappa shape index (κ2) is 4.22. The fourth-order valence-corrected chi connectivity index (χ4v) is 2.61. The minimum absolute atomic E-state index is 0.00984. The zero-order valence-corrected chi connectivity index (χ0v) is 11.4. The summed E-state index contributed by atoms with van der Waals surface area (Å²) in [6, 6.07) is 5.26. The minimum Gasteiger partial charge on any atom is -0.240 e. The highest BCUT2D eigenvalue weighted by Gasteiger charge is 2.18. The summed E-state index contributed by atoms with van der Waals surface area (Å²) >= 11 is 1.50. The van der Waals surface area contributed by atoms with Crippen LogP contribution in [0.5, 0.6) is 0 Å². The van der Waals surface area contributed by atoms with Gasteiger partial charge in [-0.25, -0.2) is 9.37 Å². The molecule has 0 unspecified atom stereocenters. The van der Waals surface area contributed by atoms with E-state index in [4.69, 9.17) is 0 Å². The molecule has 0 aliphatic heterocycles. The van der Waals surface area contributed by atoms with Gasteiger partial charge in [0.2, 0.25) is 0 Å². The van der Waals surface area contributed by atoms with E-state index in [1.54, 1.807) is 12.1 Å². The lowest BCUT2D eigenvalue weighted by Gasteiger charge is -2.14. The van der Waals surface area contributed by atoms with E-state index >= 15 is 0 Å². The summed E-state index contributed by atoms with van der Waals surface area (Å²) in [6.07, 6.45) is 0. The normalized spacial score (nSPS) is 11.8. The first-order valence-corrected chi connectivity index (χ1v) is 6.48. The highest BCUT2D eigenvalue weighted by Crippen LogP contribution is 2.31. The molecule has 1 aromatic heterocycles. The number of aromatic nitrogens is 1. The summed E-state index contributed by atoms with van der Waals surface area (Å²) in [5.41, 5.74) is 2.54. The Morgan fingerprint density at radius 1 is 1.24 bits per heavy atom. The smallest absolute Gasteiger partial charge is 0.133 e. The van der Waals surface area contributed by atoms with Crippen molar-refractivity contribution in [1.82, 2.24) is 4.98 Å². The quantitative estimate of drug-likeness (QED) is 0.722. The Kier molecular flexibility index (Phi) is 3.04. The van der Waals surface area contributed by atoms with E-state index in [1.807, 2.05) is 18.4 Å². The van der Waals surface area contributed by atoms with E-state index in [-0.39, 0.29) is 11.2 Å². The average Bonchev–Trinajstić information content (AvgIpc) is 2.65. The molecule has 1 nitrogen and oxygen atoms in total. The molecule has 1 aromatic carbocycles. The molecule has 2 rings (SSSR count). The van der Waals surface area contributed by atoms with E-state index in [0.29, 0.717) is 5.56 Å². The van der Waals surface area contributed by atoms with E-state index in [2.05, 4.69) is 25.8 Å². The van der Waals surface area contributed by atoms with Crippen molar-refractivity contribution in [2.45, 2.75) is 33.1 Å². The van der Waals surface area contributed by atoms with Gasteiger partial charge in [0.05, 0.1) is 5.69 Å². The molecule has 3 heteroatoms. The van der Waals surface area contributed by atoms with Crippen LogP contribution in [0.2, 0.25) is 0 Å². The zero-order valence-electron chi connectivity index (χ0n) is 10.5. The van der Waals surface area contributed by atoms with Crippen LogP contribution in [-0.2, 0) is 5.41 Å². The molecule has 0 spiro atoms. The Hall–Kier alpha value is -1.22. The van der Waals surface area contributed by atoms with Crippen LogP contribution in [0.25, 0.3) is 10.6 Å². The van der Waals surface area contributed by atoms with Crippen molar-refractivity contribution < 1.29 is 4.39 Å². The molecule has 90 valence electrons. The molecule has 0 aliphatic rings. The van der Waals surface area contributed by atoms with Gasteiger partial charge in [0.15, 0.2) is 0 Å². The first-order chi connectivity index (χ1) is 7.88. The second-order valence-corrected chi connectivity index (χ2v) is 6.13. The molecule has 0 N–H and O–H groups in total. The fourth-order valence-electron chi connectivity index (χ4n) is 1.54. The number of rotatable bonds is 1. The Morgan fingerprint density at radius 2 is 1.94 bits per heavy atom. The van der Waals surface area contributed by atoms with Gasteiger partial charge in [-0.05, 0) is 24.6 Å². The summed E-state index contributed by atoms with van der Waals surface area (Å²) in [5.74, 6) is -0.195. The third-order valence-electron chi connectivity index (χ3n) is 2.63. The van der Waals surface area contributed by atoms with E-state index in [1.165, 1.54) is 11.3 Å². The lowest BCUT2D eigenvalue weighted by atomic mass is 9.93. The first kappa shape index (κ1) is 12.2. The summed E-state index contributed by atoms with van der Waals surface area (Å²) in [7, 11) is 0. The van der Waals surface area contributed by atoms with Crippen molar-refractivity contribution in [2.24, 2.45) is 0 Å². The van der Waals surface area contributed by atoms with Crippen molar-refractivity contribution in [1.29, 1.82) is 0 Å². The molecule has 0 saturated carbocycles. The molecule has 0 radical (unpaired) electrons. The lowest BCUT2D eigenvalue weighted by Crippen LogP contribution is -2.11. The Balaban J connectivity index is 2.44. The van der Waals surface area contributed by atoms with Gasteiger partial charge in [0.1, 0.15) is 10.8 Å². The van der Waals surface area contributed by atoms with Crippen LogP contribution in [-0.4, -0.2) is 4.98 Å². The van der Waals surface area contributed by atoms with E-state index in [9.17, 15) is 4.39 Å². The molecule has 0 saturated heterocycles. The van der Waals surface area contributed by atoms with Gasteiger partial charge in [0.25, 0.3) is 0 Å². The van der Waals surface area contributed by atoms with Gasteiger partial charge in [-0.2, -0.15) is 0 Å². The van der Waals surface area contributed by atoms with Gasteiger partial charge < -0.3 is 0 Å². The van der Waals surface area contributed by atoms with Crippen molar-refractivity contribution in [3.05, 3.63) is 40.7 Å². The molecule has 2 aromatic rings. The van der Waals surface area contributed by atoms with E-state index < -0.39 is 0 Å². The maximum atomic E-state index is 13.8. The Bertz CT molecular complexity index is 537. The van der Waals surface area contributed by atoms with Gasteiger partial charge in [0, 0.05) is 16.4 Å². The largest absolute Gasteiger partial charge is 0.240 e. The molecular weight excluding hydrogens is 233 g/mol. The predicted octanol–water partition coefficient (Wildman–Crippen LogP) is 4.56. The monoisotopic (exact) mass is 249 g/mol. The zero-order chi connectivity index (χ0) is 12.6. The van der Waals surface area contributed by atoms with Gasteiger partial charge in [-0.3, -0.25) is 0 Å². The molecule has 1 heterocycles. The van der Waals surface area contributed by atoms with Crippen LogP contribution in [0.3, 0.4) is 0 Å². The van der Waals surface area contributed by atoms with Gasteiger partial charge in [-0.1, -0.05) is 26.8 Å². The third-order valence-corrected chi connectivity index (χ3v) is 3.50. The summed E-state index contributed by atoms with van der Waals surface area (Å²) in [4.78, 5) is 4.52. The number of thiazole rings is 1. The maximum absolute atomic E-state index is 13.8. The Labute approximate surface area is 105 Å². The number of hydrogen-bond donors (Lipinski definition) is 0. The molecule has 0 bridgehead atoms. The van der Waals surface area contributed by atoms with Crippen molar-refractivity contribution in [2.75, 3.05) is 0 Å². The highest BCUT2D eigenvalue weighted by atomic mass is 32.1. The topological polar surface area (TPSA) is 12.9 Å². The van der Waals surface area contributed by atoms with Crippen LogP contribution in [0, 0.1) is 12.7 Å². The number of halogens is 1. The highest BCUT2D eigenvalue weighted by molar-refractivity contribution is 7.13. The third kappa shape index (κ3) is 2.55. The van der Waals surface area contributed by atoms with Crippen LogP contribution < -0.4 is 0 Å². The van der Waals surface area contributed by atoms with Crippen molar-refractivity contribution >= 4 is 11.3 Å². The lowest BCUT2D eigenvalue weighted by molar-refractivity contribution is 0.573. The van der Waals surface area contributed by atoms with Crippen LogP contribution in [0.15, 0.2) is 23.6 Å². The summed E-state index contributed by atoms with van der Waals surface area (Å²) in [5, 5.41) is 2.77. The number of hydrogen-bond acceptors (Lipinski definition) is 2. The van der Waals surface area contributed by atoms with Crippen LogP contribution >= 0.6 is 11.3 Å². The molecule has 0 atom stereocenters. The Morgan fingerprint density at radius 3 is 2.47 bits per heavy atom. The second-order valence-electron chi connectivity index (χ2n) is 5.27. The number of nitrogens with zero attached hydrogens (tertiary/aromatic N) is 1. The maximum Gasteiger partial charge on any atom is 0.133 e. The standard InChI is InChI=1S/C14H16FNS/c1-9-5-6-10(11(15)7-9)13-16-12(8-17-13)14(2,3)4/h5-8H,1-4H3. The molecular formula is C14H16FNS. The van der Waals surface area contributed by atoms with Gasteiger partial charge in [-0.15, -0.1) is 11.3 Å². The number of aryl methyl sites for hydroxylation is 1. The van der Waals surface area contributed by atoms with Gasteiger partial charge >= 0.3 is 0 Å².